The Hall–Kier alpha value is -3.37. The molecule has 2 heterocycles. The van der Waals surface area contributed by atoms with Gasteiger partial charge in [-0.25, -0.2) is 0 Å². The van der Waals surface area contributed by atoms with Crippen LogP contribution >= 0.6 is 34.4 Å². The molecule has 0 radical (unpaired) electrons. The van der Waals surface area contributed by atoms with E-state index in [-0.39, 0.29) is 17.7 Å². The molecular weight excluding hydrogens is 587 g/mol. The zero-order valence-corrected chi connectivity index (χ0v) is 22.3. The minimum atomic E-state index is -0.303. The summed E-state index contributed by atoms with van der Waals surface area (Å²) in [5, 5.41) is 1.91. The third-order valence-electron chi connectivity index (χ3n) is 5.67. The first-order valence-electron chi connectivity index (χ1n) is 11.1. The molecule has 0 atom stereocenters. The van der Waals surface area contributed by atoms with E-state index in [0.29, 0.717) is 23.0 Å². The Morgan fingerprint density at radius 1 is 1.00 bits per heavy atom. The van der Waals surface area contributed by atoms with E-state index in [0.717, 1.165) is 42.9 Å². The molecule has 1 fully saturated rings. The molecule has 1 aromatic heterocycles. The number of methoxy groups -OCH3 is 1. The Balaban J connectivity index is 1.35. The van der Waals surface area contributed by atoms with Gasteiger partial charge in [0.15, 0.2) is 11.5 Å². The highest BCUT2D eigenvalue weighted by Crippen LogP contribution is 2.38. The Labute approximate surface area is 226 Å². The predicted molar refractivity (Wildman–Crippen MR) is 150 cm³/mol. The highest BCUT2D eigenvalue weighted by atomic mass is 127. The Morgan fingerprint density at radius 3 is 2.58 bits per heavy atom. The van der Waals surface area contributed by atoms with Crippen LogP contribution in [-0.2, 0) is 17.9 Å². The summed E-state index contributed by atoms with van der Waals surface area (Å²) in [5.41, 5.74) is 2.46. The van der Waals surface area contributed by atoms with Crippen LogP contribution in [0.5, 0.6) is 11.5 Å². The minimum absolute atomic E-state index is 0.230. The maximum Gasteiger partial charge on any atom is 0.293 e. The molecule has 1 aliphatic rings. The second-order valence-electron chi connectivity index (χ2n) is 8.09. The number of carbonyl (C=O) groups excluding carboxylic acids is 2. The van der Waals surface area contributed by atoms with Crippen LogP contribution in [0.3, 0.4) is 0 Å². The Morgan fingerprint density at radius 2 is 1.81 bits per heavy atom. The van der Waals surface area contributed by atoms with E-state index in [1.807, 2.05) is 66.7 Å². The Bertz CT molecular complexity index is 1490. The first-order chi connectivity index (χ1) is 17.5. The fraction of sp³-hybridized carbons (Fsp3) is 0.107. The smallest absolute Gasteiger partial charge is 0.293 e. The summed E-state index contributed by atoms with van der Waals surface area (Å²) in [6.07, 6.45) is 3.44. The molecule has 36 heavy (non-hydrogen) atoms. The molecule has 0 aliphatic carbocycles. The number of carbonyl (C=O) groups is 2. The number of imide groups is 1. The third kappa shape index (κ3) is 5.24. The van der Waals surface area contributed by atoms with Crippen LogP contribution in [0.2, 0.25) is 0 Å². The quantitative estimate of drug-likeness (QED) is 0.173. The molecule has 4 aromatic rings. The van der Waals surface area contributed by atoms with Crippen LogP contribution in [0.1, 0.15) is 16.8 Å². The summed E-state index contributed by atoms with van der Waals surface area (Å²) in [5.74, 6) is 0.840. The fourth-order valence-electron chi connectivity index (χ4n) is 3.90. The van der Waals surface area contributed by atoms with Gasteiger partial charge in [-0.3, -0.25) is 19.5 Å². The molecule has 0 saturated carbocycles. The molecule has 2 amide bonds. The SMILES string of the molecule is COc1cc(/C=C2\SC(=O)N(Cc3ccc4ccccc4c3)C2=O)cc(I)c1OCc1ccccn1. The maximum atomic E-state index is 13.1. The highest BCUT2D eigenvalue weighted by Gasteiger charge is 2.35. The molecule has 0 N–H and O–H groups in total. The predicted octanol–water partition coefficient (Wildman–Crippen LogP) is 6.66. The van der Waals surface area contributed by atoms with E-state index in [1.165, 1.54) is 4.90 Å². The summed E-state index contributed by atoms with van der Waals surface area (Å²) in [6.45, 7) is 0.536. The average Bonchev–Trinajstić information content (AvgIpc) is 3.15. The minimum Gasteiger partial charge on any atom is -0.493 e. The van der Waals surface area contributed by atoms with Crippen LogP contribution in [-0.4, -0.2) is 28.1 Å². The van der Waals surface area contributed by atoms with Crippen molar-refractivity contribution in [1.82, 2.24) is 9.88 Å². The lowest BCUT2D eigenvalue weighted by molar-refractivity contribution is -0.123. The number of benzene rings is 3. The van der Waals surface area contributed by atoms with Crippen molar-refractivity contribution in [3.63, 3.8) is 0 Å². The van der Waals surface area contributed by atoms with Gasteiger partial charge >= 0.3 is 0 Å². The second-order valence-corrected chi connectivity index (χ2v) is 10.2. The molecule has 8 heteroatoms. The number of fused-ring (bicyclic) bond motifs is 1. The zero-order chi connectivity index (χ0) is 25.1. The number of halogens is 1. The molecule has 0 unspecified atom stereocenters. The number of hydrogen-bond acceptors (Lipinski definition) is 6. The lowest BCUT2D eigenvalue weighted by Gasteiger charge is -2.14. The normalized spacial score (nSPS) is 14.6. The summed E-state index contributed by atoms with van der Waals surface area (Å²) in [4.78, 5) is 31.7. The molecule has 1 aliphatic heterocycles. The molecular formula is C28H21IN2O4S. The lowest BCUT2D eigenvalue weighted by atomic mass is 10.1. The number of pyridine rings is 1. The number of ether oxygens (including phenoxy) is 2. The fourth-order valence-corrected chi connectivity index (χ4v) is 5.52. The van der Waals surface area contributed by atoms with Crippen molar-refractivity contribution < 1.29 is 19.1 Å². The van der Waals surface area contributed by atoms with Gasteiger partial charge in [0.25, 0.3) is 11.1 Å². The number of aromatic nitrogens is 1. The van der Waals surface area contributed by atoms with Gasteiger partial charge in [-0.1, -0.05) is 42.5 Å². The molecule has 3 aromatic carbocycles. The average molecular weight is 608 g/mol. The van der Waals surface area contributed by atoms with Gasteiger partial charge < -0.3 is 9.47 Å². The highest BCUT2D eigenvalue weighted by molar-refractivity contribution is 14.1. The first-order valence-corrected chi connectivity index (χ1v) is 13.0. The Kier molecular flexibility index (Phi) is 7.24. The van der Waals surface area contributed by atoms with Crippen LogP contribution in [0.25, 0.3) is 16.8 Å². The summed E-state index contributed by atoms with van der Waals surface area (Å²) >= 11 is 3.12. The lowest BCUT2D eigenvalue weighted by Crippen LogP contribution is -2.27. The maximum absolute atomic E-state index is 13.1. The monoisotopic (exact) mass is 608 g/mol. The third-order valence-corrected chi connectivity index (χ3v) is 7.38. The van der Waals surface area contributed by atoms with Gasteiger partial charge in [-0.2, -0.15) is 0 Å². The molecule has 0 spiro atoms. The molecule has 5 rings (SSSR count). The van der Waals surface area contributed by atoms with E-state index < -0.39 is 0 Å². The van der Waals surface area contributed by atoms with Crippen molar-refractivity contribution in [1.29, 1.82) is 0 Å². The standard InChI is InChI=1S/C28H21IN2O4S/c1-34-24-14-19(13-23(29)26(24)35-17-22-8-4-5-11-30-22)15-25-27(32)31(28(33)36-25)16-18-9-10-20-6-2-3-7-21(20)12-18/h2-15H,16-17H2,1H3/b25-15-. The largest absolute Gasteiger partial charge is 0.493 e. The van der Waals surface area contributed by atoms with Gasteiger partial charge in [-0.15, -0.1) is 0 Å². The van der Waals surface area contributed by atoms with Crippen molar-refractivity contribution in [2.45, 2.75) is 13.2 Å². The van der Waals surface area contributed by atoms with E-state index in [1.54, 1.807) is 25.4 Å². The van der Waals surface area contributed by atoms with Crippen molar-refractivity contribution in [3.05, 3.63) is 104 Å². The van der Waals surface area contributed by atoms with Crippen LogP contribution in [0.4, 0.5) is 4.79 Å². The number of rotatable bonds is 7. The molecule has 1 saturated heterocycles. The van der Waals surface area contributed by atoms with Crippen LogP contribution < -0.4 is 9.47 Å². The van der Waals surface area contributed by atoms with Crippen molar-refractivity contribution >= 4 is 62.3 Å². The van der Waals surface area contributed by atoms with Crippen LogP contribution in [0, 0.1) is 3.57 Å². The van der Waals surface area contributed by atoms with Crippen molar-refractivity contribution in [2.24, 2.45) is 0 Å². The summed E-state index contributed by atoms with van der Waals surface area (Å²) < 4.78 is 12.3. The number of hydrogen-bond donors (Lipinski definition) is 0. The molecule has 0 bridgehead atoms. The first kappa shape index (κ1) is 24.3. The molecule has 6 nitrogen and oxygen atoms in total. The van der Waals surface area contributed by atoms with E-state index in [4.69, 9.17) is 9.47 Å². The zero-order valence-electron chi connectivity index (χ0n) is 19.3. The van der Waals surface area contributed by atoms with E-state index in [2.05, 4.69) is 27.6 Å². The van der Waals surface area contributed by atoms with Gasteiger partial charge in [0.1, 0.15) is 6.61 Å². The second kappa shape index (κ2) is 10.7. The van der Waals surface area contributed by atoms with Gasteiger partial charge in [0.2, 0.25) is 0 Å². The molecule has 180 valence electrons. The summed E-state index contributed by atoms with van der Waals surface area (Å²) in [7, 11) is 1.57. The van der Waals surface area contributed by atoms with Gasteiger partial charge in [0, 0.05) is 6.20 Å². The number of amides is 2. The van der Waals surface area contributed by atoms with E-state index in [9.17, 15) is 9.59 Å². The van der Waals surface area contributed by atoms with Gasteiger partial charge in [0.05, 0.1) is 27.8 Å². The van der Waals surface area contributed by atoms with Crippen LogP contribution in [0.15, 0.2) is 83.9 Å². The topological polar surface area (TPSA) is 68.7 Å². The van der Waals surface area contributed by atoms with E-state index >= 15 is 0 Å². The van der Waals surface area contributed by atoms with Crippen molar-refractivity contribution in [2.75, 3.05) is 7.11 Å². The number of thioether (sulfide) groups is 1. The van der Waals surface area contributed by atoms with Gasteiger partial charge in [-0.05, 0) is 92.7 Å². The van der Waals surface area contributed by atoms with Crippen molar-refractivity contribution in [3.8, 4) is 11.5 Å². The number of nitrogens with zero attached hydrogens (tertiary/aromatic N) is 2. The summed E-state index contributed by atoms with van der Waals surface area (Å²) in [6, 6.07) is 23.3.